The zero-order valence-corrected chi connectivity index (χ0v) is 18.7. The number of hydrogen-bond acceptors (Lipinski definition) is 6. The van der Waals surface area contributed by atoms with Gasteiger partial charge in [-0.2, -0.15) is 13.2 Å². The van der Waals surface area contributed by atoms with Crippen LogP contribution in [0.3, 0.4) is 0 Å². The molecule has 184 valence electrons. The molecule has 8 nitrogen and oxygen atoms in total. The fourth-order valence-electron chi connectivity index (χ4n) is 4.26. The van der Waals surface area contributed by atoms with Crippen LogP contribution < -0.4 is 5.69 Å². The number of benzene rings is 1. The van der Waals surface area contributed by atoms with E-state index in [4.69, 9.17) is 4.52 Å². The molecular weight excluding hydrogens is 482 g/mol. The van der Waals surface area contributed by atoms with E-state index in [0.29, 0.717) is 22.6 Å². The van der Waals surface area contributed by atoms with E-state index >= 15 is 0 Å². The van der Waals surface area contributed by atoms with Crippen molar-refractivity contribution in [1.82, 2.24) is 25.1 Å². The lowest BCUT2D eigenvalue weighted by molar-refractivity contribution is -0.141. The van der Waals surface area contributed by atoms with Crippen molar-refractivity contribution in [2.45, 2.75) is 25.6 Å². The van der Waals surface area contributed by atoms with Gasteiger partial charge in [-0.15, -0.1) is 0 Å². The summed E-state index contributed by atoms with van der Waals surface area (Å²) in [5, 5.41) is 16.1. The molecule has 3 N–H and O–H groups in total. The van der Waals surface area contributed by atoms with Gasteiger partial charge >= 0.3 is 11.9 Å². The van der Waals surface area contributed by atoms with Gasteiger partial charge in [-0.05, 0) is 55.8 Å². The molecule has 36 heavy (non-hydrogen) atoms. The van der Waals surface area contributed by atoms with Crippen molar-refractivity contribution >= 4 is 11.0 Å². The predicted molar refractivity (Wildman–Crippen MR) is 119 cm³/mol. The number of aliphatic hydroxyl groups is 1. The van der Waals surface area contributed by atoms with E-state index in [0.717, 1.165) is 30.5 Å². The number of alkyl halides is 3. The summed E-state index contributed by atoms with van der Waals surface area (Å²) in [4.78, 5) is 25.1. The Hall–Kier alpha value is -4.32. The Labute approximate surface area is 199 Å². The SMILES string of the molecule is Cc1noc(C)c1-c1cc(C(O)(c2ccc(F)cn2)c2cccc(C(F)(F)F)n2)c2[nH]c(=O)[nH]c2c1. The summed E-state index contributed by atoms with van der Waals surface area (Å²) in [7, 11) is 0. The molecule has 0 bridgehead atoms. The third-order valence-electron chi connectivity index (χ3n) is 5.85. The van der Waals surface area contributed by atoms with Crippen LogP contribution in [0.15, 0.2) is 58.0 Å². The summed E-state index contributed by atoms with van der Waals surface area (Å²) >= 11 is 0. The van der Waals surface area contributed by atoms with Crippen LogP contribution in [-0.2, 0) is 11.8 Å². The molecule has 0 aliphatic carbocycles. The summed E-state index contributed by atoms with van der Waals surface area (Å²) in [6.07, 6.45) is -3.98. The maximum Gasteiger partial charge on any atom is 0.433 e. The van der Waals surface area contributed by atoms with E-state index in [1.165, 1.54) is 12.1 Å². The van der Waals surface area contributed by atoms with Crippen molar-refractivity contribution in [2.75, 3.05) is 0 Å². The molecular formula is C24H17F4N5O3. The topological polar surface area (TPSA) is 121 Å². The van der Waals surface area contributed by atoms with Crippen molar-refractivity contribution < 1.29 is 27.2 Å². The van der Waals surface area contributed by atoms with Gasteiger partial charge in [0, 0.05) is 11.1 Å². The second-order valence-electron chi connectivity index (χ2n) is 8.20. The normalized spacial score (nSPS) is 13.8. The largest absolute Gasteiger partial charge is 0.433 e. The molecule has 12 heteroatoms. The van der Waals surface area contributed by atoms with E-state index in [1.807, 2.05) is 0 Å². The van der Waals surface area contributed by atoms with Crippen LogP contribution in [-0.4, -0.2) is 30.2 Å². The van der Waals surface area contributed by atoms with Gasteiger partial charge in [0.15, 0.2) is 5.60 Å². The summed E-state index contributed by atoms with van der Waals surface area (Å²) in [6.45, 7) is 3.36. The van der Waals surface area contributed by atoms with Gasteiger partial charge in [0.2, 0.25) is 0 Å². The first-order valence-electron chi connectivity index (χ1n) is 10.6. The molecule has 0 aliphatic heterocycles. The number of nitrogens with zero attached hydrogens (tertiary/aromatic N) is 3. The second-order valence-corrected chi connectivity index (χ2v) is 8.20. The van der Waals surface area contributed by atoms with Crippen molar-refractivity contribution in [2.24, 2.45) is 0 Å². The number of aromatic nitrogens is 5. The standard InChI is InChI=1S/C24H17F4N5O3/c1-11-20(12(2)36-33-11)13-8-15(21-16(9-13)30-22(34)32-21)23(35,17-7-6-14(25)10-29-17)18-4-3-5-19(31-18)24(26,27)28/h3-10,35H,1-2H3,(H2,30,32,34). The van der Waals surface area contributed by atoms with Crippen molar-refractivity contribution in [1.29, 1.82) is 0 Å². The minimum Gasteiger partial charge on any atom is -0.373 e. The van der Waals surface area contributed by atoms with E-state index in [2.05, 4.69) is 25.1 Å². The van der Waals surface area contributed by atoms with E-state index in [1.54, 1.807) is 19.9 Å². The molecule has 1 unspecified atom stereocenters. The number of fused-ring (bicyclic) bond motifs is 1. The number of imidazole rings is 1. The third kappa shape index (κ3) is 3.75. The van der Waals surface area contributed by atoms with Crippen LogP contribution in [0.25, 0.3) is 22.2 Å². The highest BCUT2D eigenvalue weighted by Gasteiger charge is 2.42. The number of aromatic amines is 2. The summed E-state index contributed by atoms with van der Waals surface area (Å²) in [5.74, 6) is -0.279. The van der Waals surface area contributed by atoms with Gasteiger partial charge < -0.3 is 19.6 Å². The number of pyridine rings is 2. The highest BCUT2D eigenvalue weighted by atomic mass is 19.4. The van der Waals surface area contributed by atoms with Gasteiger partial charge in [-0.1, -0.05) is 11.2 Å². The molecule has 4 aromatic heterocycles. The maximum absolute atomic E-state index is 13.7. The number of hydrogen-bond donors (Lipinski definition) is 3. The maximum atomic E-state index is 13.7. The zero-order chi connectivity index (χ0) is 25.8. The zero-order valence-electron chi connectivity index (χ0n) is 18.7. The molecule has 0 aliphatic rings. The van der Waals surface area contributed by atoms with Crippen molar-refractivity contribution in [3.8, 4) is 11.1 Å². The Kier molecular flexibility index (Phi) is 5.29. The average molecular weight is 499 g/mol. The summed E-state index contributed by atoms with van der Waals surface area (Å²) in [5.41, 5.74) is -3.12. The molecule has 0 fully saturated rings. The first kappa shape index (κ1) is 23.4. The number of halogens is 4. The monoisotopic (exact) mass is 499 g/mol. The fraction of sp³-hybridized carbons (Fsp3) is 0.167. The molecule has 1 atom stereocenters. The fourth-order valence-corrected chi connectivity index (χ4v) is 4.26. The molecule has 0 saturated heterocycles. The van der Waals surface area contributed by atoms with Crippen LogP contribution in [0.1, 0.15) is 34.1 Å². The van der Waals surface area contributed by atoms with E-state index in [-0.39, 0.29) is 22.3 Å². The molecule has 0 amide bonds. The average Bonchev–Trinajstić information content (AvgIpc) is 3.38. The molecule has 0 saturated carbocycles. The molecule has 5 aromatic rings. The van der Waals surface area contributed by atoms with Crippen LogP contribution >= 0.6 is 0 Å². The Morgan fingerprint density at radius 3 is 2.39 bits per heavy atom. The number of aryl methyl sites for hydroxylation is 2. The Balaban J connectivity index is 1.89. The van der Waals surface area contributed by atoms with Crippen LogP contribution in [0, 0.1) is 19.7 Å². The summed E-state index contributed by atoms with van der Waals surface area (Å²) in [6, 6.07) is 8.28. The lowest BCUT2D eigenvalue weighted by Gasteiger charge is -2.29. The van der Waals surface area contributed by atoms with Crippen LogP contribution in [0.5, 0.6) is 0 Å². The second kappa shape index (κ2) is 8.12. The first-order chi connectivity index (χ1) is 17.0. The van der Waals surface area contributed by atoms with Gasteiger partial charge in [0.1, 0.15) is 17.3 Å². The van der Waals surface area contributed by atoms with Gasteiger partial charge in [0.05, 0.1) is 34.3 Å². The Morgan fingerprint density at radius 1 is 1.00 bits per heavy atom. The van der Waals surface area contributed by atoms with Gasteiger partial charge in [0.25, 0.3) is 0 Å². The number of nitrogens with one attached hydrogen (secondary N) is 2. The molecule has 1 aromatic carbocycles. The Bertz CT molecular complexity index is 1630. The minimum atomic E-state index is -4.80. The molecule has 5 rings (SSSR count). The van der Waals surface area contributed by atoms with E-state index < -0.39 is 34.7 Å². The van der Waals surface area contributed by atoms with Crippen molar-refractivity contribution in [3.05, 3.63) is 99.1 Å². The van der Waals surface area contributed by atoms with Gasteiger partial charge in [-0.3, -0.25) is 4.98 Å². The van der Waals surface area contributed by atoms with Crippen LogP contribution in [0.2, 0.25) is 0 Å². The lowest BCUT2D eigenvalue weighted by Crippen LogP contribution is -2.32. The first-order valence-corrected chi connectivity index (χ1v) is 10.6. The van der Waals surface area contributed by atoms with Gasteiger partial charge in [-0.25, -0.2) is 14.2 Å². The smallest absolute Gasteiger partial charge is 0.373 e. The van der Waals surface area contributed by atoms with Crippen molar-refractivity contribution in [3.63, 3.8) is 0 Å². The van der Waals surface area contributed by atoms with Crippen LogP contribution in [0.4, 0.5) is 17.6 Å². The molecule has 0 spiro atoms. The highest BCUT2D eigenvalue weighted by Crippen LogP contribution is 2.41. The minimum absolute atomic E-state index is 0.0423. The number of rotatable bonds is 4. The summed E-state index contributed by atoms with van der Waals surface area (Å²) < 4.78 is 59.6. The third-order valence-corrected chi connectivity index (χ3v) is 5.85. The highest BCUT2D eigenvalue weighted by molar-refractivity contribution is 5.87. The lowest BCUT2D eigenvalue weighted by atomic mass is 9.83. The molecule has 0 radical (unpaired) electrons. The predicted octanol–water partition coefficient (Wildman–Crippen LogP) is 4.36. The Morgan fingerprint density at radius 2 is 1.75 bits per heavy atom. The quantitative estimate of drug-likeness (QED) is 0.316. The van der Waals surface area contributed by atoms with E-state index in [9.17, 15) is 27.5 Å². The molecule has 4 heterocycles. The number of H-pyrrole nitrogens is 2.